The van der Waals surface area contributed by atoms with Crippen LogP contribution in [0.1, 0.15) is 5.76 Å². The molecule has 0 aliphatic rings. The van der Waals surface area contributed by atoms with Crippen LogP contribution in [0.3, 0.4) is 0 Å². The third-order valence-electron chi connectivity index (χ3n) is 3.03. The molecule has 0 saturated carbocycles. The van der Waals surface area contributed by atoms with Gasteiger partial charge >= 0.3 is 0 Å². The van der Waals surface area contributed by atoms with Crippen LogP contribution in [0.2, 0.25) is 0 Å². The van der Waals surface area contributed by atoms with E-state index < -0.39 is 4.92 Å². The lowest BCUT2D eigenvalue weighted by atomic mass is 10.1. The monoisotopic (exact) mass is 271 g/mol. The quantitative estimate of drug-likeness (QED) is 0.527. The van der Waals surface area contributed by atoms with Gasteiger partial charge in [-0.15, -0.1) is 0 Å². The van der Waals surface area contributed by atoms with Gasteiger partial charge in [0.2, 0.25) is 5.43 Å². The molecule has 0 N–H and O–H groups in total. The number of nitro groups is 1. The number of hydrogen-bond donors (Lipinski definition) is 0. The standard InChI is InChI=1S/C14H9NO5/c1-8-13(12-3-2-6-19-12)14(16)10-7-9(15(17)18)4-5-11(10)20-8/h2-7H,1H3. The molecular formula is C14H9NO5. The SMILES string of the molecule is Cc1oc2ccc([N+](=O)[O-])cc2c(=O)c1-c1ccco1. The van der Waals surface area contributed by atoms with Gasteiger partial charge < -0.3 is 8.83 Å². The summed E-state index contributed by atoms with van der Waals surface area (Å²) in [6, 6.07) is 7.24. The van der Waals surface area contributed by atoms with E-state index in [0.29, 0.717) is 17.1 Å². The zero-order valence-electron chi connectivity index (χ0n) is 10.5. The number of nitro benzene ring substituents is 1. The number of aryl methyl sites for hydroxylation is 1. The first-order chi connectivity index (χ1) is 9.58. The van der Waals surface area contributed by atoms with Crippen molar-refractivity contribution in [1.82, 2.24) is 0 Å². The van der Waals surface area contributed by atoms with E-state index in [-0.39, 0.29) is 22.1 Å². The zero-order chi connectivity index (χ0) is 14.3. The van der Waals surface area contributed by atoms with Crippen molar-refractivity contribution in [2.24, 2.45) is 0 Å². The molecule has 0 saturated heterocycles. The number of nitrogens with zero attached hydrogens (tertiary/aromatic N) is 1. The van der Waals surface area contributed by atoms with Gasteiger partial charge in [0, 0.05) is 12.1 Å². The number of non-ortho nitro benzene ring substituents is 1. The molecule has 3 aromatic rings. The van der Waals surface area contributed by atoms with Crippen molar-refractivity contribution in [2.45, 2.75) is 6.92 Å². The fourth-order valence-electron chi connectivity index (χ4n) is 2.11. The Balaban J connectivity index is 2.38. The van der Waals surface area contributed by atoms with Gasteiger partial charge in [0.05, 0.1) is 16.6 Å². The first kappa shape index (κ1) is 12.2. The summed E-state index contributed by atoms with van der Waals surface area (Å²) in [6.07, 6.45) is 1.45. The number of rotatable bonds is 2. The van der Waals surface area contributed by atoms with Gasteiger partial charge in [-0.1, -0.05) is 0 Å². The Labute approximate surface area is 112 Å². The minimum atomic E-state index is -0.550. The van der Waals surface area contributed by atoms with Gasteiger partial charge in [-0.2, -0.15) is 0 Å². The van der Waals surface area contributed by atoms with Crippen LogP contribution in [-0.4, -0.2) is 4.92 Å². The summed E-state index contributed by atoms with van der Waals surface area (Å²) in [4.78, 5) is 22.7. The van der Waals surface area contributed by atoms with E-state index in [9.17, 15) is 14.9 Å². The smallest absolute Gasteiger partial charge is 0.270 e. The predicted molar refractivity (Wildman–Crippen MR) is 71.6 cm³/mol. The Bertz CT molecular complexity index is 861. The molecular weight excluding hydrogens is 262 g/mol. The molecule has 6 heteroatoms. The van der Waals surface area contributed by atoms with E-state index in [0.717, 1.165) is 0 Å². The van der Waals surface area contributed by atoms with E-state index in [4.69, 9.17) is 8.83 Å². The van der Waals surface area contributed by atoms with Gasteiger partial charge in [-0.3, -0.25) is 14.9 Å². The average Bonchev–Trinajstić information content (AvgIpc) is 2.92. The molecule has 100 valence electrons. The van der Waals surface area contributed by atoms with Crippen LogP contribution in [0.4, 0.5) is 5.69 Å². The molecule has 2 aromatic heterocycles. The summed E-state index contributed by atoms with van der Waals surface area (Å²) in [5.74, 6) is 0.788. The van der Waals surface area contributed by atoms with Crippen LogP contribution in [0.5, 0.6) is 0 Å². The maximum Gasteiger partial charge on any atom is 0.270 e. The normalized spacial score (nSPS) is 10.8. The number of fused-ring (bicyclic) bond motifs is 1. The first-order valence-corrected chi connectivity index (χ1v) is 5.83. The Morgan fingerprint density at radius 1 is 1.25 bits per heavy atom. The van der Waals surface area contributed by atoms with E-state index >= 15 is 0 Å². The second-order valence-electron chi connectivity index (χ2n) is 4.28. The summed E-state index contributed by atoms with van der Waals surface area (Å²) in [5.41, 5.74) is 0.0952. The predicted octanol–water partition coefficient (Wildman–Crippen LogP) is 3.27. The Hall–Kier alpha value is -2.89. The van der Waals surface area contributed by atoms with Crippen LogP contribution in [-0.2, 0) is 0 Å². The van der Waals surface area contributed by atoms with Crippen LogP contribution in [0.15, 0.2) is 50.2 Å². The molecule has 0 unspecified atom stereocenters. The lowest BCUT2D eigenvalue weighted by molar-refractivity contribution is -0.384. The highest BCUT2D eigenvalue weighted by Crippen LogP contribution is 2.26. The summed E-state index contributed by atoms with van der Waals surface area (Å²) in [5, 5.41) is 11.0. The van der Waals surface area contributed by atoms with E-state index in [2.05, 4.69) is 0 Å². The summed E-state index contributed by atoms with van der Waals surface area (Å²) in [6.45, 7) is 1.65. The van der Waals surface area contributed by atoms with Crippen molar-refractivity contribution in [2.75, 3.05) is 0 Å². The topological polar surface area (TPSA) is 86.5 Å². The fraction of sp³-hybridized carbons (Fsp3) is 0.0714. The molecule has 0 fully saturated rings. The second-order valence-corrected chi connectivity index (χ2v) is 4.28. The zero-order valence-corrected chi connectivity index (χ0v) is 10.5. The maximum absolute atomic E-state index is 12.5. The Morgan fingerprint density at radius 3 is 2.70 bits per heavy atom. The Kier molecular flexibility index (Phi) is 2.64. The number of benzene rings is 1. The first-order valence-electron chi connectivity index (χ1n) is 5.83. The highest BCUT2D eigenvalue weighted by Gasteiger charge is 2.17. The van der Waals surface area contributed by atoms with Crippen molar-refractivity contribution in [1.29, 1.82) is 0 Å². The lowest BCUT2D eigenvalue weighted by Crippen LogP contribution is -2.07. The van der Waals surface area contributed by atoms with Crippen molar-refractivity contribution in [3.05, 3.63) is 62.7 Å². The third kappa shape index (κ3) is 1.78. The molecule has 1 aromatic carbocycles. The average molecular weight is 271 g/mol. The summed E-state index contributed by atoms with van der Waals surface area (Å²) in [7, 11) is 0. The largest absolute Gasteiger partial charge is 0.464 e. The fourth-order valence-corrected chi connectivity index (χ4v) is 2.11. The van der Waals surface area contributed by atoms with Crippen molar-refractivity contribution in [3.63, 3.8) is 0 Å². The summed E-state index contributed by atoms with van der Waals surface area (Å²) >= 11 is 0. The molecule has 6 nitrogen and oxygen atoms in total. The highest BCUT2D eigenvalue weighted by atomic mass is 16.6. The van der Waals surface area contributed by atoms with E-state index in [1.807, 2.05) is 0 Å². The second kappa shape index (κ2) is 4.34. The van der Waals surface area contributed by atoms with Gasteiger partial charge in [0.1, 0.15) is 22.7 Å². The minimum absolute atomic E-state index is 0.154. The number of hydrogen-bond acceptors (Lipinski definition) is 5. The molecule has 0 atom stereocenters. The van der Waals surface area contributed by atoms with Gasteiger partial charge in [-0.25, -0.2) is 0 Å². The molecule has 0 aliphatic carbocycles. The molecule has 0 radical (unpaired) electrons. The maximum atomic E-state index is 12.5. The van der Waals surface area contributed by atoms with Crippen molar-refractivity contribution < 1.29 is 13.8 Å². The summed E-state index contributed by atoms with van der Waals surface area (Å²) < 4.78 is 10.8. The van der Waals surface area contributed by atoms with Gasteiger partial charge in [-0.05, 0) is 25.1 Å². The molecule has 20 heavy (non-hydrogen) atoms. The van der Waals surface area contributed by atoms with E-state index in [1.54, 1.807) is 19.1 Å². The molecule has 3 rings (SSSR count). The third-order valence-corrected chi connectivity index (χ3v) is 3.03. The van der Waals surface area contributed by atoms with Gasteiger partial charge in [0.25, 0.3) is 5.69 Å². The van der Waals surface area contributed by atoms with Crippen molar-refractivity contribution >= 4 is 16.7 Å². The Morgan fingerprint density at radius 2 is 2.05 bits per heavy atom. The number of furan rings is 1. The molecule has 0 aliphatic heterocycles. The van der Waals surface area contributed by atoms with E-state index in [1.165, 1.54) is 24.5 Å². The molecule has 0 bridgehead atoms. The minimum Gasteiger partial charge on any atom is -0.464 e. The highest BCUT2D eigenvalue weighted by molar-refractivity contribution is 5.83. The van der Waals surface area contributed by atoms with Crippen LogP contribution < -0.4 is 5.43 Å². The molecule has 2 heterocycles. The molecule has 0 amide bonds. The van der Waals surface area contributed by atoms with Crippen LogP contribution in [0.25, 0.3) is 22.3 Å². The van der Waals surface area contributed by atoms with Gasteiger partial charge in [0.15, 0.2) is 0 Å². The van der Waals surface area contributed by atoms with Crippen LogP contribution in [0, 0.1) is 17.0 Å². The molecule has 0 spiro atoms. The van der Waals surface area contributed by atoms with Crippen LogP contribution >= 0.6 is 0 Å². The lowest BCUT2D eigenvalue weighted by Gasteiger charge is -2.04. The van der Waals surface area contributed by atoms with Crippen molar-refractivity contribution in [3.8, 4) is 11.3 Å².